The number of carbonyl (C=O) groups excluding carboxylic acids is 1. The quantitative estimate of drug-likeness (QED) is 0.705. The number of fused-ring (bicyclic) bond motifs is 1. The zero-order valence-electron chi connectivity index (χ0n) is 16.7. The first kappa shape index (κ1) is 21.0. The van der Waals surface area contributed by atoms with Crippen LogP contribution in [0.15, 0.2) is 48.5 Å². The van der Waals surface area contributed by atoms with Gasteiger partial charge in [-0.1, -0.05) is 29.8 Å². The molecule has 0 radical (unpaired) electrons. The number of ether oxygens (including phenoxy) is 2. The van der Waals surface area contributed by atoms with Crippen LogP contribution < -0.4 is 15.2 Å². The van der Waals surface area contributed by atoms with Crippen LogP contribution in [0.5, 0.6) is 11.5 Å². The third-order valence-electron chi connectivity index (χ3n) is 5.93. The summed E-state index contributed by atoms with van der Waals surface area (Å²) >= 11 is 6.05. The Hall–Kier alpha value is -2.28. The number of hydrogen-bond acceptors (Lipinski definition) is 5. The molecule has 160 valence electrons. The summed E-state index contributed by atoms with van der Waals surface area (Å²) in [7, 11) is 0. The number of benzene rings is 2. The minimum Gasteiger partial charge on any atom is -0.488 e. The SMILES string of the molecule is NC(=O)COc1cccc(CN2C[C@H]3C[C@@H](Oc4cccc(Cl)c4)[C@H](O)C[C@H]3C2)c1. The maximum Gasteiger partial charge on any atom is 0.255 e. The van der Waals surface area contributed by atoms with Gasteiger partial charge < -0.3 is 20.3 Å². The highest BCUT2D eigenvalue weighted by molar-refractivity contribution is 6.30. The van der Waals surface area contributed by atoms with Gasteiger partial charge in [0.2, 0.25) is 0 Å². The molecule has 1 aliphatic carbocycles. The fourth-order valence-corrected chi connectivity index (χ4v) is 4.78. The van der Waals surface area contributed by atoms with Crippen LogP contribution in [0, 0.1) is 11.8 Å². The van der Waals surface area contributed by atoms with E-state index in [-0.39, 0.29) is 12.7 Å². The van der Waals surface area contributed by atoms with Crippen LogP contribution >= 0.6 is 11.6 Å². The monoisotopic (exact) mass is 430 g/mol. The average molecular weight is 431 g/mol. The minimum absolute atomic E-state index is 0.122. The molecule has 0 aromatic heterocycles. The van der Waals surface area contributed by atoms with Gasteiger partial charge in [-0.25, -0.2) is 0 Å². The number of hydrogen-bond donors (Lipinski definition) is 2. The lowest BCUT2D eigenvalue weighted by Crippen LogP contribution is -2.42. The standard InChI is InChI=1S/C23H27ClN2O4/c24-18-4-2-6-20(10-18)30-22-9-17-13-26(12-16(17)8-21(22)27)11-15-3-1-5-19(7-15)29-14-23(25)28/h1-7,10,16-17,21-22,27H,8-9,11-14H2,(H2,25,28)/t16-,17+,21+,22+/m0/s1. The third kappa shape index (κ3) is 5.25. The minimum atomic E-state index is -0.489. The molecule has 1 saturated carbocycles. The van der Waals surface area contributed by atoms with E-state index in [1.54, 1.807) is 6.07 Å². The number of primary amides is 1. The molecule has 1 heterocycles. The first-order valence-corrected chi connectivity index (χ1v) is 10.7. The molecule has 1 aliphatic heterocycles. The number of halogens is 1. The van der Waals surface area contributed by atoms with Gasteiger partial charge >= 0.3 is 0 Å². The molecule has 2 aromatic carbocycles. The van der Waals surface area contributed by atoms with E-state index in [1.165, 1.54) is 0 Å². The Morgan fingerprint density at radius 2 is 1.83 bits per heavy atom. The zero-order chi connectivity index (χ0) is 21.1. The maximum absolute atomic E-state index is 10.9. The van der Waals surface area contributed by atoms with Gasteiger partial charge in [-0.2, -0.15) is 0 Å². The van der Waals surface area contributed by atoms with Crippen LogP contribution in [-0.4, -0.2) is 47.8 Å². The molecule has 2 aliphatic rings. The lowest BCUT2D eigenvalue weighted by atomic mass is 9.78. The Labute approximate surface area is 181 Å². The van der Waals surface area contributed by atoms with E-state index >= 15 is 0 Å². The molecule has 0 spiro atoms. The van der Waals surface area contributed by atoms with Crippen molar-refractivity contribution in [2.45, 2.75) is 31.6 Å². The number of nitrogens with two attached hydrogens (primary N) is 1. The Morgan fingerprint density at radius 1 is 1.10 bits per heavy atom. The topological polar surface area (TPSA) is 85.0 Å². The van der Waals surface area contributed by atoms with E-state index < -0.39 is 12.0 Å². The Kier molecular flexibility index (Phi) is 6.46. The number of amides is 1. The highest BCUT2D eigenvalue weighted by Crippen LogP contribution is 2.38. The summed E-state index contributed by atoms with van der Waals surface area (Å²) < 4.78 is 11.5. The van der Waals surface area contributed by atoms with Crippen molar-refractivity contribution < 1.29 is 19.4 Å². The molecule has 7 heteroatoms. The predicted octanol–water partition coefficient (Wildman–Crippen LogP) is 2.85. The normalized spacial score (nSPS) is 26.2. The number of carbonyl (C=O) groups is 1. The molecule has 1 saturated heterocycles. The van der Waals surface area contributed by atoms with Crippen LogP contribution in [0.1, 0.15) is 18.4 Å². The first-order valence-electron chi connectivity index (χ1n) is 10.3. The van der Waals surface area contributed by atoms with Crippen molar-refractivity contribution in [3.8, 4) is 11.5 Å². The van der Waals surface area contributed by atoms with Gasteiger partial charge in [0.05, 0.1) is 6.10 Å². The van der Waals surface area contributed by atoms with Crippen molar-refractivity contribution in [3.05, 3.63) is 59.1 Å². The molecular formula is C23H27ClN2O4. The van der Waals surface area contributed by atoms with Crippen LogP contribution in [0.3, 0.4) is 0 Å². The summed E-state index contributed by atoms with van der Waals surface area (Å²) in [6, 6.07) is 15.1. The van der Waals surface area contributed by atoms with E-state index in [4.69, 9.17) is 26.8 Å². The van der Waals surface area contributed by atoms with Gasteiger partial charge in [0.1, 0.15) is 17.6 Å². The van der Waals surface area contributed by atoms with E-state index in [1.807, 2.05) is 36.4 Å². The van der Waals surface area contributed by atoms with E-state index in [2.05, 4.69) is 11.0 Å². The Bertz CT molecular complexity index is 893. The van der Waals surface area contributed by atoms with Gasteiger partial charge in [-0.15, -0.1) is 0 Å². The first-order chi connectivity index (χ1) is 14.5. The maximum atomic E-state index is 10.9. The number of rotatable bonds is 7. The lowest BCUT2D eigenvalue weighted by Gasteiger charge is -2.35. The number of aliphatic hydroxyl groups is 1. The lowest BCUT2D eigenvalue weighted by molar-refractivity contribution is -0.119. The van der Waals surface area contributed by atoms with Crippen molar-refractivity contribution in [3.63, 3.8) is 0 Å². The van der Waals surface area contributed by atoms with Gasteiger partial charge in [0.25, 0.3) is 5.91 Å². The van der Waals surface area contributed by atoms with Gasteiger partial charge in [0.15, 0.2) is 6.61 Å². The molecule has 30 heavy (non-hydrogen) atoms. The van der Waals surface area contributed by atoms with Crippen LogP contribution in [-0.2, 0) is 11.3 Å². The van der Waals surface area contributed by atoms with E-state index in [9.17, 15) is 9.90 Å². The van der Waals surface area contributed by atoms with Crippen molar-refractivity contribution in [1.29, 1.82) is 0 Å². The number of nitrogens with zero attached hydrogens (tertiary/aromatic N) is 1. The fourth-order valence-electron chi connectivity index (χ4n) is 4.60. The third-order valence-corrected chi connectivity index (χ3v) is 6.16. The molecule has 0 bridgehead atoms. The molecule has 2 aromatic rings. The summed E-state index contributed by atoms with van der Waals surface area (Å²) in [6.45, 7) is 2.61. The van der Waals surface area contributed by atoms with E-state index in [0.717, 1.165) is 38.0 Å². The summed E-state index contributed by atoms with van der Waals surface area (Å²) in [5, 5.41) is 11.3. The van der Waals surface area contributed by atoms with Gasteiger partial charge in [0, 0.05) is 24.7 Å². The second kappa shape index (κ2) is 9.25. The van der Waals surface area contributed by atoms with Crippen molar-refractivity contribution in [2.24, 2.45) is 17.6 Å². The van der Waals surface area contributed by atoms with Gasteiger partial charge in [-0.3, -0.25) is 9.69 Å². The molecule has 6 nitrogen and oxygen atoms in total. The number of aliphatic hydroxyl groups excluding tert-OH is 1. The van der Waals surface area contributed by atoms with Crippen LogP contribution in [0.4, 0.5) is 0 Å². The molecule has 0 unspecified atom stereocenters. The van der Waals surface area contributed by atoms with Crippen LogP contribution in [0.25, 0.3) is 0 Å². The van der Waals surface area contributed by atoms with Crippen molar-refractivity contribution in [2.75, 3.05) is 19.7 Å². The van der Waals surface area contributed by atoms with Crippen LogP contribution in [0.2, 0.25) is 5.02 Å². The highest BCUT2D eigenvalue weighted by Gasteiger charge is 2.42. The second-order valence-corrected chi connectivity index (χ2v) is 8.71. The summed E-state index contributed by atoms with van der Waals surface area (Å²) in [5.74, 6) is 1.82. The van der Waals surface area contributed by atoms with E-state index in [0.29, 0.717) is 28.4 Å². The summed E-state index contributed by atoms with van der Waals surface area (Å²) in [5.41, 5.74) is 6.27. The fraction of sp³-hybridized carbons (Fsp3) is 0.435. The molecular weight excluding hydrogens is 404 g/mol. The summed E-state index contributed by atoms with van der Waals surface area (Å²) in [6.07, 6.45) is 0.885. The van der Waals surface area contributed by atoms with Crippen molar-refractivity contribution in [1.82, 2.24) is 4.90 Å². The van der Waals surface area contributed by atoms with Crippen molar-refractivity contribution >= 4 is 17.5 Å². The molecule has 4 rings (SSSR count). The average Bonchev–Trinajstić information content (AvgIpc) is 3.08. The molecule has 3 N–H and O–H groups in total. The predicted molar refractivity (Wildman–Crippen MR) is 114 cm³/mol. The Balaban J connectivity index is 1.34. The Morgan fingerprint density at radius 3 is 2.60 bits per heavy atom. The second-order valence-electron chi connectivity index (χ2n) is 8.27. The zero-order valence-corrected chi connectivity index (χ0v) is 17.5. The smallest absolute Gasteiger partial charge is 0.255 e. The summed E-state index contributed by atoms with van der Waals surface area (Å²) in [4.78, 5) is 13.3. The van der Waals surface area contributed by atoms with Gasteiger partial charge in [-0.05, 0) is 60.6 Å². The molecule has 2 fully saturated rings. The molecule has 1 amide bonds. The number of likely N-dealkylation sites (tertiary alicyclic amines) is 1. The molecule has 4 atom stereocenters. The largest absolute Gasteiger partial charge is 0.488 e. The highest BCUT2D eigenvalue weighted by atomic mass is 35.5.